The van der Waals surface area contributed by atoms with E-state index in [4.69, 9.17) is 14.3 Å². The van der Waals surface area contributed by atoms with Gasteiger partial charge in [-0.15, -0.1) is 0 Å². The van der Waals surface area contributed by atoms with Gasteiger partial charge in [-0.3, -0.25) is 5.21 Å². The van der Waals surface area contributed by atoms with Crippen molar-refractivity contribution >= 4 is 17.4 Å². The molecule has 2 N–H and O–H groups in total. The van der Waals surface area contributed by atoms with Gasteiger partial charge >= 0.3 is 6.03 Å². The molecule has 3 rings (SSSR count). The van der Waals surface area contributed by atoms with Gasteiger partial charge in [-0.25, -0.2) is 4.79 Å². The first-order valence-electron chi connectivity index (χ1n) is 7.92. The van der Waals surface area contributed by atoms with E-state index in [-0.39, 0.29) is 6.61 Å². The van der Waals surface area contributed by atoms with Crippen LogP contribution in [0.2, 0.25) is 0 Å². The molecule has 2 aromatic rings. The zero-order valence-corrected chi connectivity index (χ0v) is 14.4. The van der Waals surface area contributed by atoms with Gasteiger partial charge in [0.25, 0.3) is 0 Å². The van der Waals surface area contributed by atoms with Crippen molar-refractivity contribution in [3.05, 3.63) is 53.6 Å². The largest absolute Gasteiger partial charge is 0.489 e. The van der Waals surface area contributed by atoms with Crippen LogP contribution in [0.25, 0.3) is 0 Å². The predicted molar refractivity (Wildman–Crippen MR) is 95.0 cm³/mol. The SMILES string of the molecule is CNC(=O)N(O)c1ccccc1COc1ccc2c(c1)OCC2=NOC. The quantitative estimate of drug-likeness (QED) is 0.634. The van der Waals surface area contributed by atoms with Crippen LogP contribution in [-0.4, -0.2) is 37.7 Å². The molecule has 0 bridgehead atoms. The van der Waals surface area contributed by atoms with Gasteiger partial charge in [0, 0.05) is 24.2 Å². The zero-order chi connectivity index (χ0) is 18.5. The monoisotopic (exact) mass is 357 g/mol. The second kappa shape index (κ2) is 7.75. The van der Waals surface area contributed by atoms with Gasteiger partial charge in [0.2, 0.25) is 0 Å². The molecule has 1 aliphatic heterocycles. The molecule has 1 heterocycles. The molecule has 1 aliphatic rings. The molecule has 0 spiro atoms. The summed E-state index contributed by atoms with van der Waals surface area (Å²) < 4.78 is 11.4. The number of carbonyl (C=O) groups is 1. The van der Waals surface area contributed by atoms with Crippen molar-refractivity contribution in [2.24, 2.45) is 5.16 Å². The summed E-state index contributed by atoms with van der Waals surface area (Å²) in [7, 11) is 2.93. The van der Waals surface area contributed by atoms with Crippen LogP contribution in [0, 0.1) is 0 Å². The van der Waals surface area contributed by atoms with Crippen molar-refractivity contribution in [1.29, 1.82) is 0 Å². The van der Waals surface area contributed by atoms with E-state index in [2.05, 4.69) is 10.5 Å². The smallest absolute Gasteiger partial charge is 0.345 e. The van der Waals surface area contributed by atoms with Gasteiger partial charge in [0.05, 0.1) is 5.69 Å². The lowest BCUT2D eigenvalue weighted by atomic mass is 10.1. The fourth-order valence-electron chi connectivity index (χ4n) is 2.58. The topological polar surface area (TPSA) is 92.6 Å². The minimum absolute atomic E-state index is 0.169. The van der Waals surface area contributed by atoms with E-state index in [0.717, 1.165) is 11.3 Å². The summed E-state index contributed by atoms with van der Waals surface area (Å²) in [5.41, 5.74) is 2.59. The third-order valence-corrected chi connectivity index (χ3v) is 3.85. The molecule has 0 radical (unpaired) electrons. The van der Waals surface area contributed by atoms with Crippen LogP contribution in [0.1, 0.15) is 11.1 Å². The first-order valence-corrected chi connectivity index (χ1v) is 7.92. The highest BCUT2D eigenvalue weighted by atomic mass is 16.6. The molecule has 136 valence electrons. The van der Waals surface area contributed by atoms with E-state index >= 15 is 0 Å². The van der Waals surface area contributed by atoms with E-state index in [1.54, 1.807) is 36.4 Å². The molecule has 0 atom stereocenters. The number of para-hydroxylation sites is 1. The van der Waals surface area contributed by atoms with Crippen molar-refractivity contribution in [3.63, 3.8) is 0 Å². The molecule has 0 saturated carbocycles. The number of amides is 2. The van der Waals surface area contributed by atoms with Crippen LogP contribution >= 0.6 is 0 Å². The van der Waals surface area contributed by atoms with Crippen molar-refractivity contribution in [2.45, 2.75) is 6.61 Å². The average molecular weight is 357 g/mol. The Morgan fingerprint density at radius 2 is 2.15 bits per heavy atom. The van der Waals surface area contributed by atoms with Crippen LogP contribution in [0.5, 0.6) is 11.5 Å². The fourth-order valence-corrected chi connectivity index (χ4v) is 2.58. The minimum Gasteiger partial charge on any atom is -0.489 e. The number of nitrogens with zero attached hydrogens (tertiary/aromatic N) is 2. The number of hydroxylamine groups is 1. The van der Waals surface area contributed by atoms with Gasteiger partial charge in [0.15, 0.2) is 0 Å². The Morgan fingerprint density at radius 3 is 2.92 bits per heavy atom. The number of urea groups is 1. The highest BCUT2D eigenvalue weighted by Gasteiger charge is 2.21. The molecule has 26 heavy (non-hydrogen) atoms. The number of ether oxygens (including phenoxy) is 2. The molecule has 2 amide bonds. The Hall–Kier alpha value is -3.26. The van der Waals surface area contributed by atoms with Gasteiger partial charge < -0.3 is 19.6 Å². The molecule has 8 heteroatoms. The Labute approximate surface area is 150 Å². The van der Waals surface area contributed by atoms with Crippen molar-refractivity contribution < 1.29 is 24.3 Å². The van der Waals surface area contributed by atoms with Gasteiger partial charge in [-0.2, -0.15) is 5.06 Å². The fraction of sp³-hybridized carbons (Fsp3) is 0.222. The van der Waals surface area contributed by atoms with Crippen LogP contribution in [0.4, 0.5) is 10.5 Å². The molecule has 0 aromatic heterocycles. The normalized spacial score (nSPS) is 13.7. The maximum absolute atomic E-state index is 11.6. The van der Waals surface area contributed by atoms with E-state index < -0.39 is 6.03 Å². The Morgan fingerprint density at radius 1 is 1.35 bits per heavy atom. The highest BCUT2D eigenvalue weighted by Crippen LogP contribution is 2.31. The molecule has 0 saturated heterocycles. The van der Waals surface area contributed by atoms with Crippen molar-refractivity contribution in [3.8, 4) is 11.5 Å². The number of fused-ring (bicyclic) bond motifs is 1. The molecule has 0 fully saturated rings. The summed E-state index contributed by atoms with van der Waals surface area (Å²) in [6.45, 7) is 0.517. The predicted octanol–water partition coefficient (Wildman–Crippen LogP) is 2.54. The summed E-state index contributed by atoms with van der Waals surface area (Å²) in [6.07, 6.45) is 0. The molecule has 0 aliphatic carbocycles. The first-order chi connectivity index (χ1) is 12.6. The first kappa shape index (κ1) is 17.6. The lowest BCUT2D eigenvalue weighted by molar-refractivity contribution is 0.205. The van der Waals surface area contributed by atoms with E-state index in [9.17, 15) is 10.0 Å². The van der Waals surface area contributed by atoms with E-state index in [1.165, 1.54) is 14.2 Å². The lowest BCUT2D eigenvalue weighted by Gasteiger charge is -2.18. The Kier molecular flexibility index (Phi) is 5.23. The number of hydrogen-bond donors (Lipinski definition) is 2. The summed E-state index contributed by atoms with van der Waals surface area (Å²) in [5, 5.41) is 16.8. The summed E-state index contributed by atoms with van der Waals surface area (Å²) in [6, 6.07) is 11.7. The third kappa shape index (κ3) is 3.55. The zero-order valence-electron chi connectivity index (χ0n) is 14.4. The Balaban J connectivity index is 1.75. The van der Waals surface area contributed by atoms with Gasteiger partial charge in [-0.1, -0.05) is 23.4 Å². The number of hydrogen-bond acceptors (Lipinski definition) is 6. The van der Waals surface area contributed by atoms with Crippen LogP contribution < -0.4 is 19.9 Å². The molecule has 0 unspecified atom stereocenters. The van der Waals surface area contributed by atoms with Crippen LogP contribution in [0.15, 0.2) is 47.6 Å². The van der Waals surface area contributed by atoms with E-state index in [0.29, 0.717) is 34.4 Å². The average Bonchev–Trinajstić information content (AvgIpc) is 3.08. The van der Waals surface area contributed by atoms with Gasteiger partial charge in [0.1, 0.15) is 37.5 Å². The van der Waals surface area contributed by atoms with Crippen LogP contribution in [0.3, 0.4) is 0 Å². The summed E-state index contributed by atoms with van der Waals surface area (Å²) >= 11 is 0. The summed E-state index contributed by atoms with van der Waals surface area (Å²) in [4.78, 5) is 16.4. The number of benzene rings is 2. The van der Waals surface area contributed by atoms with Crippen molar-refractivity contribution in [2.75, 3.05) is 25.8 Å². The number of oxime groups is 1. The standard InChI is InChI=1S/C18H19N3O5/c1-19-18(22)21(23)16-6-4-3-5-12(16)10-25-13-7-8-14-15(20-24-2)11-26-17(14)9-13/h3-9,23H,10-11H2,1-2H3,(H,19,22). The molecule has 8 nitrogen and oxygen atoms in total. The van der Waals surface area contributed by atoms with Crippen molar-refractivity contribution in [1.82, 2.24) is 5.32 Å². The molecular formula is C18H19N3O5. The molecular weight excluding hydrogens is 338 g/mol. The lowest BCUT2D eigenvalue weighted by Crippen LogP contribution is -2.36. The number of nitrogens with one attached hydrogen (secondary N) is 1. The molecule has 2 aromatic carbocycles. The number of anilines is 1. The maximum atomic E-state index is 11.6. The van der Waals surface area contributed by atoms with E-state index in [1.807, 2.05) is 6.07 Å². The number of carbonyl (C=O) groups excluding carboxylic acids is 1. The Bertz CT molecular complexity index is 837. The van der Waals surface area contributed by atoms with Gasteiger partial charge in [-0.05, 0) is 18.2 Å². The highest BCUT2D eigenvalue weighted by molar-refractivity contribution is 6.06. The number of rotatable bonds is 5. The summed E-state index contributed by atoms with van der Waals surface area (Å²) in [5.74, 6) is 1.27. The minimum atomic E-state index is -0.631. The second-order valence-corrected chi connectivity index (χ2v) is 5.45. The third-order valence-electron chi connectivity index (χ3n) is 3.85. The second-order valence-electron chi connectivity index (χ2n) is 5.45. The maximum Gasteiger partial charge on any atom is 0.345 e. The van der Waals surface area contributed by atoms with Crippen LogP contribution in [-0.2, 0) is 11.4 Å².